The predicted molar refractivity (Wildman–Crippen MR) is 82.9 cm³/mol. The van der Waals surface area contributed by atoms with Crippen molar-refractivity contribution in [3.63, 3.8) is 0 Å². The number of unbranched alkanes of at least 4 members (excludes halogenated alkanes) is 3. The lowest BCUT2D eigenvalue weighted by Crippen LogP contribution is -2.30. The highest BCUT2D eigenvalue weighted by Crippen LogP contribution is 2.14. The minimum Gasteiger partial charge on any atom is -0.495 e. The van der Waals surface area contributed by atoms with Crippen molar-refractivity contribution in [1.29, 1.82) is 0 Å². The highest BCUT2D eigenvalue weighted by Gasteiger charge is 2.12. The van der Waals surface area contributed by atoms with Gasteiger partial charge in [0.15, 0.2) is 0 Å². The third-order valence-electron chi connectivity index (χ3n) is 3.55. The molecule has 5 nitrogen and oxygen atoms in total. The van der Waals surface area contributed by atoms with E-state index < -0.39 is 6.10 Å². The quantitative estimate of drug-likeness (QED) is 0.470. The Bertz CT molecular complexity index is 311. The van der Waals surface area contributed by atoms with Gasteiger partial charge in [-0.15, -0.1) is 0 Å². The zero-order chi connectivity index (χ0) is 15.3. The van der Waals surface area contributed by atoms with Crippen molar-refractivity contribution in [2.75, 3.05) is 39.5 Å². The molecule has 0 radical (unpaired) electrons. The fraction of sp³-hybridized carbons (Fsp3) is 0.750. The molecule has 5 heteroatoms. The topological polar surface area (TPSA) is 73.2 Å². The lowest BCUT2D eigenvalue weighted by molar-refractivity contribution is 0.0994. The van der Waals surface area contributed by atoms with Crippen LogP contribution >= 0.6 is 0 Å². The maximum Gasteiger partial charge on any atom is 0.125 e. The molecule has 3 N–H and O–H groups in total. The van der Waals surface area contributed by atoms with E-state index in [1.54, 1.807) is 0 Å². The first-order chi connectivity index (χ1) is 10.3. The molecule has 1 unspecified atom stereocenters. The monoisotopic (exact) mass is 299 g/mol. The smallest absolute Gasteiger partial charge is 0.125 e. The fourth-order valence-corrected chi connectivity index (χ4v) is 2.34. The molecular weight excluding hydrogens is 270 g/mol. The molecule has 0 spiro atoms. The summed E-state index contributed by atoms with van der Waals surface area (Å²) in [5, 5.41) is 27.5. The molecular formula is C16H29NO4. The van der Waals surface area contributed by atoms with Gasteiger partial charge in [-0.1, -0.05) is 25.0 Å². The Hall–Kier alpha value is -0.880. The summed E-state index contributed by atoms with van der Waals surface area (Å²) >= 11 is 0. The van der Waals surface area contributed by atoms with Crippen LogP contribution in [0.5, 0.6) is 0 Å². The first kappa shape index (κ1) is 18.2. The second-order valence-corrected chi connectivity index (χ2v) is 5.30. The van der Waals surface area contributed by atoms with Crippen LogP contribution in [0, 0.1) is 0 Å². The second-order valence-electron chi connectivity index (χ2n) is 5.30. The Kier molecular flexibility index (Phi) is 10.2. The Morgan fingerprint density at radius 1 is 1.05 bits per heavy atom. The van der Waals surface area contributed by atoms with Crippen molar-refractivity contribution in [2.45, 2.75) is 38.2 Å². The summed E-state index contributed by atoms with van der Waals surface area (Å²) in [6.07, 6.45) is 10.1. The molecule has 21 heavy (non-hydrogen) atoms. The van der Waals surface area contributed by atoms with E-state index in [4.69, 9.17) is 14.9 Å². The molecule has 0 fully saturated rings. The zero-order valence-corrected chi connectivity index (χ0v) is 12.8. The molecule has 0 amide bonds. The van der Waals surface area contributed by atoms with Gasteiger partial charge in [0, 0.05) is 13.1 Å². The molecule has 1 aliphatic rings. The number of aliphatic hydroxyl groups is 3. The summed E-state index contributed by atoms with van der Waals surface area (Å²) in [7, 11) is 0. The molecule has 1 rings (SSSR count). The fourth-order valence-electron chi connectivity index (χ4n) is 2.34. The van der Waals surface area contributed by atoms with E-state index in [1.165, 1.54) is 0 Å². The third-order valence-corrected chi connectivity index (χ3v) is 3.55. The van der Waals surface area contributed by atoms with Crippen LogP contribution in [0.3, 0.4) is 0 Å². The van der Waals surface area contributed by atoms with Gasteiger partial charge in [-0.25, -0.2) is 0 Å². The van der Waals surface area contributed by atoms with Crippen molar-refractivity contribution in [1.82, 2.24) is 4.90 Å². The van der Waals surface area contributed by atoms with E-state index in [-0.39, 0.29) is 13.2 Å². The lowest BCUT2D eigenvalue weighted by atomic mass is 10.1. The van der Waals surface area contributed by atoms with Crippen LogP contribution in [0.25, 0.3) is 0 Å². The highest BCUT2D eigenvalue weighted by molar-refractivity contribution is 5.17. The number of hydrogen-bond acceptors (Lipinski definition) is 5. The minimum absolute atomic E-state index is 0.139. The largest absolute Gasteiger partial charge is 0.495 e. The molecule has 1 aliphatic carbocycles. The maximum absolute atomic E-state index is 9.68. The molecule has 122 valence electrons. The molecule has 0 aliphatic heterocycles. The number of allylic oxidation sites excluding steroid dienone is 2. The van der Waals surface area contributed by atoms with Gasteiger partial charge in [-0.3, -0.25) is 4.90 Å². The second kappa shape index (κ2) is 11.7. The summed E-state index contributed by atoms with van der Waals surface area (Å²) in [6.45, 7) is 3.09. The molecule has 0 saturated heterocycles. The summed E-state index contributed by atoms with van der Waals surface area (Å²) in [6, 6.07) is 0. The van der Waals surface area contributed by atoms with E-state index in [0.29, 0.717) is 31.9 Å². The van der Waals surface area contributed by atoms with Gasteiger partial charge >= 0.3 is 0 Å². The van der Waals surface area contributed by atoms with Gasteiger partial charge < -0.3 is 20.1 Å². The zero-order valence-electron chi connectivity index (χ0n) is 12.8. The van der Waals surface area contributed by atoms with E-state index in [2.05, 4.69) is 4.90 Å². The van der Waals surface area contributed by atoms with Gasteiger partial charge in [0.1, 0.15) is 11.9 Å². The summed E-state index contributed by atoms with van der Waals surface area (Å²) in [5.41, 5.74) is 0. The normalized spacial score (nSPS) is 18.1. The third kappa shape index (κ3) is 8.21. The number of nitrogens with zero attached hydrogens (tertiary/aromatic N) is 1. The average Bonchev–Trinajstić information content (AvgIpc) is 2.48. The first-order valence-electron chi connectivity index (χ1n) is 7.89. The SMILES string of the molecule is OCCN(CCO)CCCCCCOC1=CC=CCC1O. The maximum atomic E-state index is 9.68. The Morgan fingerprint density at radius 3 is 2.43 bits per heavy atom. The van der Waals surface area contributed by atoms with Gasteiger partial charge in [0.25, 0.3) is 0 Å². The molecule has 0 bridgehead atoms. The highest BCUT2D eigenvalue weighted by atomic mass is 16.5. The molecule has 1 atom stereocenters. The van der Waals surface area contributed by atoms with Crippen molar-refractivity contribution in [2.24, 2.45) is 0 Å². The number of hydrogen-bond donors (Lipinski definition) is 3. The van der Waals surface area contributed by atoms with Crippen molar-refractivity contribution in [3.8, 4) is 0 Å². The number of rotatable bonds is 12. The number of ether oxygens (including phenoxy) is 1. The van der Waals surface area contributed by atoms with Crippen molar-refractivity contribution < 1.29 is 20.1 Å². The van der Waals surface area contributed by atoms with Gasteiger partial charge in [-0.05, 0) is 31.9 Å². The van der Waals surface area contributed by atoms with Crippen molar-refractivity contribution >= 4 is 0 Å². The average molecular weight is 299 g/mol. The molecule has 0 saturated carbocycles. The minimum atomic E-state index is -0.486. The number of aliphatic hydroxyl groups excluding tert-OH is 3. The van der Waals surface area contributed by atoms with Crippen LogP contribution < -0.4 is 0 Å². The molecule has 0 heterocycles. The Labute approximate surface area is 127 Å². The van der Waals surface area contributed by atoms with Gasteiger partial charge in [0.2, 0.25) is 0 Å². The molecule has 0 aromatic carbocycles. The molecule has 0 aromatic heterocycles. The Morgan fingerprint density at radius 2 is 1.76 bits per heavy atom. The first-order valence-corrected chi connectivity index (χ1v) is 7.89. The lowest BCUT2D eigenvalue weighted by Gasteiger charge is -2.20. The van der Waals surface area contributed by atoms with Crippen LogP contribution in [0.4, 0.5) is 0 Å². The van der Waals surface area contributed by atoms with Crippen LogP contribution in [-0.4, -0.2) is 65.8 Å². The van der Waals surface area contributed by atoms with Gasteiger partial charge in [-0.2, -0.15) is 0 Å². The van der Waals surface area contributed by atoms with Crippen LogP contribution in [0.15, 0.2) is 24.0 Å². The standard InChI is InChI=1S/C16H29NO4/c18-12-10-17(11-13-19)9-5-1-2-6-14-21-16-8-4-3-7-15(16)20/h3-4,8,15,18-20H,1-2,5-7,9-14H2. The van der Waals surface area contributed by atoms with Crippen molar-refractivity contribution in [3.05, 3.63) is 24.0 Å². The molecule has 0 aromatic rings. The summed E-state index contributed by atoms with van der Waals surface area (Å²) < 4.78 is 5.58. The summed E-state index contributed by atoms with van der Waals surface area (Å²) in [4.78, 5) is 2.08. The van der Waals surface area contributed by atoms with E-state index in [0.717, 1.165) is 32.2 Å². The summed E-state index contributed by atoms with van der Waals surface area (Å²) in [5.74, 6) is 0.676. The van der Waals surface area contributed by atoms with Crippen LogP contribution in [0.1, 0.15) is 32.1 Å². The van der Waals surface area contributed by atoms with Crippen LogP contribution in [0.2, 0.25) is 0 Å². The van der Waals surface area contributed by atoms with E-state index >= 15 is 0 Å². The van der Waals surface area contributed by atoms with E-state index in [9.17, 15) is 5.11 Å². The van der Waals surface area contributed by atoms with E-state index in [1.807, 2.05) is 18.2 Å². The predicted octanol–water partition coefficient (Wildman–Crippen LogP) is 1.05. The van der Waals surface area contributed by atoms with Crippen LogP contribution in [-0.2, 0) is 4.74 Å². The van der Waals surface area contributed by atoms with Gasteiger partial charge in [0.05, 0.1) is 19.8 Å². The Balaban J connectivity index is 1.99.